The number of para-hydroxylation sites is 2. The van der Waals surface area contributed by atoms with Crippen LogP contribution in [-0.4, -0.2) is 4.57 Å². The Labute approximate surface area is 276 Å². The molecule has 1 heterocycles. The van der Waals surface area contributed by atoms with E-state index in [0.29, 0.717) is 0 Å². The molecule has 0 fully saturated rings. The van der Waals surface area contributed by atoms with Crippen LogP contribution in [0.5, 0.6) is 0 Å². The maximum atomic E-state index is 2.37. The zero-order valence-electron chi connectivity index (χ0n) is 26.7. The maximum absolute atomic E-state index is 2.37. The van der Waals surface area contributed by atoms with Crippen LogP contribution >= 0.6 is 0 Å². The van der Waals surface area contributed by atoms with Crippen molar-refractivity contribution in [3.05, 3.63) is 186 Å². The minimum atomic E-state index is 0.0341. The van der Waals surface area contributed by atoms with Crippen LogP contribution in [0, 0.1) is 0 Å². The summed E-state index contributed by atoms with van der Waals surface area (Å²) in [6.45, 7) is 4.70. The fraction of sp³-hybridized carbons (Fsp3) is 0.0870. The van der Waals surface area contributed by atoms with Crippen LogP contribution in [0.2, 0.25) is 0 Å². The molecule has 8 aromatic rings. The molecule has 0 radical (unpaired) electrons. The van der Waals surface area contributed by atoms with E-state index in [-0.39, 0.29) is 5.41 Å². The molecule has 0 unspecified atom stereocenters. The van der Waals surface area contributed by atoms with Gasteiger partial charge in [-0.2, -0.15) is 0 Å². The molecular weight excluding hydrogens is 567 g/mol. The molecule has 1 aliphatic rings. The minimum absolute atomic E-state index is 0.0341. The quantitative estimate of drug-likeness (QED) is 0.185. The van der Waals surface area contributed by atoms with Gasteiger partial charge in [0.15, 0.2) is 0 Å². The largest absolute Gasteiger partial charge is 0.309 e. The van der Waals surface area contributed by atoms with E-state index >= 15 is 0 Å². The van der Waals surface area contributed by atoms with Crippen molar-refractivity contribution < 1.29 is 0 Å². The molecule has 224 valence electrons. The average Bonchev–Trinajstić information content (AvgIpc) is 3.58. The third-order valence-electron chi connectivity index (χ3n) is 10.3. The highest BCUT2D eigenvalue weighted by Crippen LogP contribution is 2.50. The Bertz CT molecular complexity index is 2370. The molecular formula is C46H35N. The molecule has 0 spiro atoms. The van der Waals surface area contributed by atoms with E-state index < -0.39 is 0 Å². The molecule has 1 aliphatic carbocycles. The minimum Gasteiger partial charge on any atom is -0.309 e. The lowest BCUT2D eigenvalue weighted by molar-refractivity contribution is 0.660. The molecule has 0 amide bonds. The lowest BCUT2D eigenvalue weighted by atomic mass is 9.82. The van der Waals surface area contributed by atoms with Crippen molar-refractivity contribution in [2.75, 3.05) is 0 Å². The van der Waals surface area contributed by atoms with E-state index in [1.54, 1.807) is 0 Å². The third-order valence-corrected chi connectivity index (χ3v) is 10.3. The van der Waals surface area contributed by atoms with Gasteiger partial charge in [-0.25, -0.2) is 0 Å². The summed E-state index contributed by atoms with van der Waals surface area (Å²) in [5.74, 6) is 0. The highest BCUT2D eigenvalue weighted by atomic mass is 15.0. The van der Waals surface area contributed by atoms with Gasteiger partial charge < -0.3 is 4.57 Å². The van der Waals surface area contributed by atoms with Crippen molar-refractivity contribution in [1.82, 2.24) is 4.57 Å². The van der Waals surface area contributed by atoms with Crippen molar-refractivity contribution in [2.24, 2.45) is 0 Å². The number of nitrogens with zero attached hydrogens (tertiary/aromatic N) is 1. The molecule has 0 atom stereocenters. The smallest absolute Gasteiger partial charge is 0.0541 e. The fourth-order valence-corrected chi connectivity index (χ4v) is 7.87. The highest BCUT2D eigenvalue weighted by Gasteiger charge is 2.36. The Kier molecular flexibility index (Phi) is 6.30. The number of rotatable bonds is 5. The number of benzene rings is 7. The standard InChI is InChI=1S/C46H35N/c1-46(2)41-14-6-3-13-40(41)45-36(10-9-15-42(45)46)30-31-18-20-32(21-19-31)33-22-24-34(25-23-33)35-26-28-37(29-27-35)47-43-16-7-4-11-38(43)39-12-5-8-17-44(39)47/h3-29H,30H2,1-2H3. The summed E-state index contributed by atoms with van der Waals surface area (Å²) in [5, 5.41) is 2.57. The van der Waals surface area contributed by atoms with Crippen molar-refractivity contribution in [3.8, 4) is 39.1 Å². The predicted molar refractivity (Wildman–Crippen MR) is 198 cm³/mol. The van der Waals surface area contributed by atoms with Gasteiger partial charge in [0.05, 0.1) is 11.0 Å². The second-order valence-corrected chi connectivity index (χ2v) is 13.4. The second kappa shape index (κ2) is 10.7. The van der Waals surface area contributed by atoms with Crippen LogP contribution in [0.4, 0.5) is 0 Å². The Morgan fingerprint density at radius 3 is 1.55 bits per heavy atom. The first-order valence-corrected chi connectivity index (χ1v) is 16.6. The molecule has 0 aliphatic heterocycles. The topological polar surface area (TPSA) is 4.93 Å². The summed E-state index contributed by atoms with van der Waals surface area (Å²) in [4.78, 5) is 0. The Hall–Kier alpha value is -5.66. The molecule has 0 saturated carbocycles. The summed E-state index contributed by atoms with van der Waals surface area (Å²) in [5.41, 5.74) is 17.0. The molecule has 0 N–H and O–H groups in total. The average molecular weight is 602 g/mol. The molecule has 7 aromatic carbocycles. The van der Waals surface area contributed by atoms with E-state index in [0.717, 1.165) is 6.42 Å². The van der Waals surface area contributed by atoms with Gasteiger partial charge in [-0.1, -0.05) is 153 Å². The van der Waals surface area contributed by atoms with Gasteiger partial charge in [-0.05, 0) is 86.3 Å². The molecule has 9 rings (SSSR count). The van der Waals surface area contributed by atoms with Gasteiger partial charge in [0.25, 0.3) is 0 Å². The number of hydrogen-bond acceptors (Lipinski definition) is 0. The Morgan fingerprint density at radius 2 is 0.936 bits per heavy atom. The van der Waals surface area contributed by atoms with Crippen LogP contribution < -0.4 is 0 Å². The van der Waals surface area contributed by atoms with Crippen molar-refractivity contribution in [1.29, 1.82) is 0 Å². The first kappa shape index (κ1) is 27.6. The molecule has 0 bridgehead atoms. The molecule has 47 heavy (non-hydrogen) atoms. The zero-order valence-corrected chi connectivity index (χ0v) is 26.7. The lowest BCUT2D eigenvalue weighted by Gasteiger charge is -2.21. The Morgan fingerprint density at radius 1 is 0.447 bits per heavy atom. The highest BCUT2D eigenvalue weighted by molar-refractivity contribution is 6.09. The molecule has 1 aromatic heterocycles. The first-order valence-electron chi connectivity index (χ1n) is 16.6. The summed E-state index contributed by atoms with van der Waals surface area (Å²) in [7, 11) is 0. The van der Waals surface area contributed by atoms with Crippen molar-refractivity contribution >= 4 is 21.8 Å². The molecule has 1 nitrogen and oxygen atoms in total. The summed E-state index contributed by atoms with van der Waals surface area (Å²) in [6, 6.07) is 60.2. The van der Waals surface area contributed by atoms with Gasteiger partial charge in [-0.15, -0.1) is 0 Å². The zero-order chi connectivity index (χ0) is 31.5. The van der Waals surface area contributed by atoms with Crippen LogP contribution in [0.15, 0.2) is 164 Å². The van der Waals surface area contributed by atoms with Gasteiger partial charge >= 0.3 is 0 Å². The SMILES string of the molecule is CC1(C)c2ccccc2-c2c(Cc3ccc(-c4ccc(-c5ccc(-n6c7ccccc7c7ccccc76)cc5)cc4)cc3)cccc21. The van der Waals surface area contributed by atoms with E-state index in [1.165, 1.54) is 83.1 Å². The van der Waals surface area contributed by atoms with Gasteiger partial charge in [0.2, 0.25) is 0 Å². The lowest BCUT2D eigenvalue weighted by Crippen LogP contribution is -2.14. The van der Waals surface area contributed by atoms with E-state index in [4.69, 9.17) is 0 Å². The van der Waals surface area contributed by atoms with E-state index in [2.05, 4.69) is 182 Å². The number of aromatic nitrogens is 1. The summed E-state index contributed by atoms with van der Waals surface area (Å²) < 4.78 is 2.37. The first-order chi connectivity index (χ1) is 23.1. The van der Waals surface area contributed by atoms with Crippen LogP contribution in [0.25, 0.3) is 60.9 Å². The van der Waals surface area contributed by atoms with Crippen LogP contribution in [-0.2, 0) is 11.8 Å². The second-order valence-electron chi connectivity index (χ2n) is 13.4. The number of fused-ring (bicyclic) bond motifs is 6. The van der Waals surface area contributed by atoms with Gasteiger partial charge in [0.1, 0.15) is 0 Å². The van der Waals surface area contributed by atoms with E-state index in [9.17, 15) is 0 Å². The van der Waals surface area contributed by atoms with Gasteiger partial charge in [-0.3, -0.25) is 0 Å². The molecule has 0 saturated heterocycles. The van der Waals surface area contributed by atoms with Crippen LogP contribution in [0.3, 0.4) is 0 Å². The number of hydrogen-bond donors (Lipinski definition) is 0. The summed E-state index contributed by atoms with van der Waals surface area (Å²) in [6.07, 6.45) is 0.928. The summed E-state index contributed by atoms with van der Waals surface area (Å²) >= 11 is 0. The van der Waals surface area contributed by atoms with Gasteiger partial charge in [0, 0.05) is 21.9 Å². The third kappa shape index (κ3) is 4.46. The van der Waals surface area contributed by atoms with E-state index in [1.807, 2.05) is 0 Å². The maximum Gasteiger partial charge on any atom is 0.0541 e. The monoisotopic (exact) mass is 601 g/mol. The fourth-order valence-electron chi connectivity index (χ4n) is 7.87. The van der Waals surface area contributed by atoms with Crippen molar-refractivity contribution in [3.63, 3.8) is 0 Å². The Balaban J connectivity index is 0.958. The normalized spacial score (nSPS) is 13.1. The predicted octanol–water partition coefficient (Wildman–Crippen LogP) is 12.0. The van der Waals surface area contributed by atoms with Crippen molar-refractivity contribution in [2.45, 2.75) is 25.7 Å². The molecule has 1 heteroatoms. The van der Waals surface area contributed by atoms with Crippen LogP contribution in [0.1, 0.15) is 36.1 Å².